The lowest BCUT2D eigenvalue weighted by molar-refractivity contribution is -0.133. The standard InChI is InChI=1S/C28H32FN3O3S/c1-20-6-3-4-8-26(20)30-28(34)32(17-24-7-5-15-35-24)19-27(33)31(18-25-14-9-21(2)36-25)16-22-10-12-23(29)13-11-22/h3-4,6,8-14,24H,5,7,15-19H2,1-2H3,(H,30,34)/t24-/m1/s1. The van der Waals surface area contributed by atoms with E-state index in [1.54, 1.807) is 33.3 Å². The van der Waals surface area contributed by atoms with E-state index in [-0.39, 0.29) is 30.4 Å². The molecule has 1 fully saturated rings. The largest absolute Gasteiger partial charge is 0.376 e. The van der Waals surface area contributed by atoms with E-state index in [4.69, 9.17) is 4.74 Å². The lowest BCUT2D eigenvalue weighted by atomic mass is 10.2. The van der Waals surface area contributed by atoms with Crippen LogP contribution in [-0.4, -0.2) is 47.5 Å². The van der Waals surface area contributed by atoms with Crippen LogP contribution in [0.2, 0.25) is 0 Å². The predicted molar refractivity (Wildman–Crippen MR) is 140 cm³/mol. The number of aryl methyl sites for hydroxylation is 2. The molecule has 1 N–H and O–H groups in total. The second-order valence-corrected chi connectivity index (χ2v) is 10.5. The van der Waals surface area contributed by atoms with Gasteiger partial charge in [-0.3, -0.25) is 4.79 Å². The molecule has 1 atom stereocenters. The summed E-state index contributed by atoms with van der Waals surface area (Å²) in [5, 5.41) is 2.96. The molecule has 3 aromatic rings. The molecule has 2 heterocycles. The summed E-state index contributed by atoms with van der Waals surface area (Å²) < 4.78 is 19.2. The van der Waals surface area contributed by atoms with Crippen molar-refractivity contribution < 1.29 is 18.7 Å². The Morgan fingerprint density at radius 1 is 1.03 bits per heavy atom. The number of rotatable bonds is 9. The number of hydrogen-bond donors (Lipinski definition) is 1. The smallest absolute Gasteiger partial charge is 0.322 e. The number of hydrogen-bond acceptors (Lipinski definition) is 4. The highest BCUT2D eigenvalue weighted by Gasteiger charge is 2.27. The quantitative estimate of drug-likeness (QED) is 0.400. The van der Waals surface area contributed by atoms with E-state index in [0.717, 1.165) is 33.7 Å². The maximum atomic E-state index is 13.6. The minimum Gasteiger partial charge on any atom is -0.376 e. The van der Waals surface area contributed by atoms with Crippen LogP contribution in [0.5, 0.6) is 0 Å². The molecule has 1 aliphatic rings. The van der Waals surface area contributed by atoms with Crippen molar-refractivity contribution in [2.75, 3.05) is 25.0 Å². The Morgan fingerprint density at radius 3 is 2.47 bits per heavy atom. The van der Waals surface area contributed by atoms with Crippen LogP contribution in [0.15, 0.2) is 60.7 Å². The zero-order valence-corrected chi connectivity index (χ0v) is 21.5. The molecule has 8 heteroatoms. The van der Waals surface area contributed by atoms with E-state index < -0.39 is 0 Å². The van der Waals surface area contributed by atoms with Crippen LogP contribution in [0.4, 0.5) is 14.9 Å². The fraction of sp³-hybridized carbons (Fsp3) is 0.357. The summed E-state index contributed by atoms with van der Waals surface area (Å²) >= 11 is 1.63. The third-order valence-electron chi connectivity index (χ3n) is 6.23. The highest BCUT2D eigenvalue weighted by molar-refractivity contribution is 7.11. The molecule has 6 nitrogen and oxygen atoms in total. The number of amides is 3. The predicted octanol–water partition coefficient (Wildman–Crippen LogP) is 5.75. The summed E-state index contributed by atoms with van der Waals surface area (Å²) in [5.74, 6) is -0.496. The molecule has 3 amide bonds. The fourth-order valence-electron chi connectivity index (χ4n) is 4.22. The lowest BCUT2D eigenvalue weighted by Crippen LogP contribution is -2.46. The third-order valence-corrected chi connectivity index (χ3v) is 7.22. The number of carbonyl (C=O) groups is 2. The van der Waals surface area contributed by atoms with Crippen molar-refractivity contribution in [3.05, 3.63) is 87.4 Å². The number of nitrogens with one attached hydrogen (secondary N) is 1. The van der Waals surface area contributed by atoms with Crippen LogP contribution in [-0.2, 0) is 22.6 Å². The molecule has 1 saturated heterocycles. The molecule has 2 aromatic carbocycles. The summed E-state index contributed by atoms with van der Waals surface area (Å²) in [6, 6.07) is 17.4. The summed E-state index contributed by atoms with van der Waals surface area (Å²) in [7, 11) is 0. The minimum absolute atomic E-state index is 0.0802. The molecule has 0 spiro atoms. The second-order valence-electron chi connectivity index (χ2n) is 9.15. The Bertz CT molecular complexity index is 1170. The van der Waals surface area contributed by atoms with Gasteiger partial charge in [-0.1, -0.05) is 30.3 Å². The molecular weight excluding hydrogens is 477 g/mol. The maximum Gasteiger partial charge on any atom is 0.322 e. The molecule has 190 valence electrons. The SMILES string of the molecule is Cc1ccc(CN(Cc2ccc(F)cc2)C(=O)CN(C[C@H]2CCCO2)C(=O)Nc2ccccc2C)s1. The van der Waals surface area contributed by atoms with Crippen LogP contribution in [0.3, 0.4) is 0 Å². The van der Waals surface area contributed by atoms with Crippen molar-refractivity contribution in [2.24, 2.45) is 0 Å². The van der Waals surface area contributed by atoms with Gasteiger partial charge in [-0.25, -0.2) is 9.18 Å². The Hall–Kier alpha value is -3.23. The zero-order valence-electron chi connectivity index (χ0n) is 20.7. The van der Waals surface area contributed by atoms with E-state index in [1.165, 1.54) is 12.1 Å². The van der Waals surface area contributed by atoms with Gasteiger partial charge in [0.25, 0.3) is 0 Å². The van der Waals surface area contributed by atoms with Crippen LogP contribution >= 0.6 is 11.3 Å². The molecule has 0 aliphatic carbocycles. The molecule has 1 aliphatic heterocycles. The van der Waals surface area contributed by atoms with Crippen molar-refractivity contribution in [1.29, 1.82) is 0 Å². The number of benzene rings is 2. The first-order valence-corrected chi connectivity index (χ1v) is 13.0. The normalized spacial score (nSPS) is 15.0. The van der Waals surface area contributed by atoms with E-state index >= 15 is 0 Å². The van der Waals surface area contributed by atoms with Gasteiger partial charge < -0.3 is 19.9 Å². The van der Waals surface area contributed by atoms with E-state index in [1.807, 2.05) is 50.2 Å². The van der Waals surface area contributed by atoms with Gasteiger partial charge in [-0.2, -0.15) is 0 Å². The Kier molecular flexibility index (Phi) is 8.72. The highest BCUT2D eigenvalue weighted by atomic mass is 32.1. The van der Waals surface area contributed by atoms with Crippen LogP contribution in [0, 0.1) is 19.7 Å². The Morgan fingerprint density at radius 2 is 1.81 bits per heavy atom. The van der Waals surface area contributed by atoms with Crippen LogP contribution in [0.1, 0.15) is 33.7 Å². The summed E-state index contributed by atoms with van der Waals surface area (Å²) in [4.78, 5) is 32.4. The third kappa shape index (κ3) is 7.15. The van der Waals surface area contributed by atoms with E-state index in [2.05, 4.69) is 5.32 Å². The maximum absolute atomic E-state index is 13.6. The van der Waals surface area contributed by atoms with Gasteiger partial charge in [0.2, 0.25) is 5.91 Å². The summed E-state index contributed by atoms with van der Waals surface area (Å²) in [5.41, 5.74) is 2.48. The number of nitrogens with zero attached hydrogens (tertiary/aromatic N) is 2. The monoisotopic (exact) mass is 509 g/mol. The topological polar surface area (TPSA) is 61.9 Å². The van der Waals surface area contributed by atoms with Gasteiger partial charge in [0, 0.05) is 35.1 Å². The van der Waals surface area contributed by atoms with Crippen molar-refractivity contribution in [3.8, 4) is 0 Å². The van der Waals surface area contributed by atoms with E-state index in [9.17, 15) is 14.0 Å². The number of thiophene rings is 1. The molecule has 0 bridgehead atoms. The van der Waals surface area contributed by atoms with E-state index in [0.29, 0.717) is 31.9 Å². The number of urea groups is 1. The van der Waals surface area contributed by atoms with Crippen molar-refractivity contribution in [3.63, 3.8) is 0 Å². The first kappa shape index (κ1) is 25.9. The second kappa shape index (κ2) is 12.1. The van der Waals surface area contributed by atoms with Gasteiger partial charge >= 0.3 is 6.03 Å². The molecule has 0 radical (unpaired) electrons. The molecule has 4 rings (SSSR count). The lowest BCUT2D eigenvalue weighted by Gasteiger charge is -2.29. The average molecular weight is 510 g/mol. The minimum atomic E-state index is -0.332. The number of ether oxygens (including phenoxy) is 1. The number of halogens is 1. The van der Waals surface area contributed by atoms with Gasteiger partial charge in [-0.15, -0.1) is 11.3 Å². The van der Waals surface area contributed by atoms with Gasteiger partial charge in [0.1, 0.15) is 12.4 Å². The number of carbonyl (C=O) groups excluding carboxylic acids is 2. The molecule has 0 unspecified atom stereocenters. The first-order chi connectivity index (χ1) is 17.4. The fourth-order valence-corrected chi connectivity index (χ4v) is 5.13. The average Bonchev–Trinajstić information content (AvgIpc) is 3.52. The molecule has 36 heavy (non-hydrogen) atoms. The van der Waals surface area contributed by atoms with Crippen molar-refractivity contribution in [2.45, 2.75) is 45.9 Å². The number of anilines is 1. The molecule has 0 saturated carbocycles. The number of para-hydroxylation sites is 1. The molecule has 1 aromatic heterocycles. The van der Waals surface area contributed by atoms with Crippen molar-refractivity contribution >= 4 is 29.0 Å². The van der Waals surface area contributed by atoms with Crippen molar-refractivity contribution in [1.82, 2.24) is 9.80 Å². The Balaban J connectivity index is 1.52. The summed E-state index contributed by atoms with van der Waals surface area (Å²) in [6.45, 7) is 5.62. The first-order valence-electron chi connectivity index (χ1n) is 12.2. The van der Waals surface area contributed by atoms with Gasteiger partial charge in [-0.05, 0) is 68.1 Å². The van der Waals surface area contributed by atoms with Crippen LogP contribution in [0.25, 0.3) is 0 Å². The van der Waals surface area contributed by atoms with Gasteiger partial charge in [0.15, 0.2) is 0 Å². The molecular formula is C28H32FN3O3S. The zero-order chi connectivity index (χ0) is 25.5. The summed E-state index contributed by atoms with van der Waals surface area (Å²) in [6.07, 6.45) is 1.71. The Labute approximate surface area is 215 Å². The van der Waals surface area contributed by atoms with Gasteiger partial charge in [0.05, 0.1) is 12.6 Å². The van der Waals surface area contributed by atoms with Crippen LogP contribution < -0.4 is 5.32 Å². The highest BCUT2D eigenvalue weighted by Crippen LogP contribution is 2.21.